The number of nitrogens with zero attached hydrogens (tertiary/aromatic N) is 1. The molecule has 4 amide bonds. The van der Waals surface area contributed by atoms with Gasteiger partial charge in [0.05, 0.1) is 0 Å². The molecule has 2 atom stereocenters. The van der Waals surface area contributed by atoms with Crippen LogP contribution in [-0.2, 0) is 15.1 Å². The number of rotatable bonds is 7. The molecule has 162 valence electrons. The minimum Gasteiger partial charge on any atom is -0.318 e. The largest absolute Gasteiger partial charge is 0.344 e. The van der Waals surface area contributed by atoms with E-state index in [-0.39, 0.29) is 0 Å². The van der Waals surface area contributed by atoms with Gasteiger partial charge in [0.25, 0.3) is 11.8 Å². The van der Waals surface area contributed by atoms with Crippen LogP contribution in [0.1, 0.15) is 29.7 Å². The quantitative estimate of drug-likeness (QED) is 0.417. The van der Waals surface area contributed by atoms with Crippen molar-refractivity contribution in [3.8, 4) is 0 Å². The van der Waals surface area contributed by atoms with E-state index in [1.807, 2.05) is 85.8 Å². The van der Waals surface area contributed by atoms with Gasteiger partial charge in [-0.3, -0.25) is 15.0 Å². The van der Waals surface area contributed by atoms with Gasteiger partial charge in [-0.25, -0.2) is 4.79 Å². The first kappa shape index (κ1) is 21.6. The molecule has 2 N–H and O–H groups in total. The van der Waals surface area contributed by atoms with Crippen molar-refractivity contribution >= 4 is 29.6 Å². The topological polar surface area (TPSA) is 78.5 Å². The minimum absolute atomic E-state index is 0.356. The second-order valence-corrected chi connectivity index (χ2v) is 8.57. The smallest absolute Gasteiger partial charge is 0.318 e. The van der Waals surface area contributed by atoms with Crippen LogP contribution in [0.4, 0.5) is 4.79 Å². The van der Waals surface area contributed by atoms with E-state index in [2.05, 4.69) is 10.7 Å². The molecule has 1 fully saturated rings. The zero-order chi connectivity index (χ0) is 22.6. The molecule has 1 heterocycles. The Kier molecular flexibility index (Phi) is 6.28. The average molecular weight is 446 g/mol. The van der Waals surface area contributed by atoms with Crippen molar-refractivity contribution in [3.63, 3.8) is 0 Å². The molecule has 1 saturated heterocycles. The van der Waals surface area contributed by atoms with E-state index in [0.29, 0.717) is 12.0 Å². The van der Waals surface area contributed by atoms with E-state index in [0.717, 1.165) is 15.5 Å². The van der Waals surface area contributed by atoms with Crippen molar-refractivity contribution in [2.45, 2.75) is 29.0 Å². The van der Waals surface area contributed by atoms with Crippen LogP contribution in [0.2, 0.25) is 0 Å². The van der Waals surface area contributed by atoms with Crippen LogP contribution >= 0.6 is 11.8 Å². The molecule has 1 aliphatic heterocycles. The summed E-state index contributed by atoms with van der Waals surface area (Å²) in [5, 5.41) is 2.94. The SMILES string of the molecule is CCC1(c2ccccc2)NC(=O)N(NC(=O)C(Sc2ccccc2)c2ccccc2)C1=O. The van der Waals surface area contributed by atoms with Crippen LogP contribution in [0.25, 0.3) is 0 Å². The Hall–Kier alpha value is -3.58. The molecule has 7 heteroatoms. The summed E-state index contributed by atoms with van der Waals surface area (Å²) < 4.78 is 0. The Balaban J connectivity index is 1.60. The number of hydrogen-bond donors (Lipinski definition) is 2. The third kappa shape index (κ3) is 4.11. The number of amides is 4. The molecule has 0 radical (unpaired) electrons. The highest BCUT2D eigenvalue weighted by molar-refractivity contribution is 8.00. The van der Waals surface area contributed by atoms with Crippen LogP contribution < -0.4 is 10.7 Å². The van der Waals surface area contributed by atoms with Gasteiger partial charge in [-0.05, 0) is 29.7 Å². The van der Waals surface area contributed by atoms with Crippen molar-refractivity contribution < 1.29 is 14.4 Å². The highest BCUT2D eigenvalue weighted by Crippen LogP contribution is 2.36. The van der Waals surface area contributed by atoms with Gasteiger partial charge < -0.3 is 5.32 Å². The van der Waals surface area contributed by atoms with Crippen LogP contribution in [0.3, 0.4) is 0 Å². The molecule has 32 heavy (non-hydrogen) atoms. The first-order valence-electron chi connectivity index (χ1n) is 10.3. The molecule has 3 aromatic carbocycles. The van der Waals surface area contributed by atoms with Gasteiger partial charge in [0.2, 0.25) is 0 Å². The number of nitrogens with one attached hydrogen (secondary N) is 2. The zero-order valence-electron chi connectivity index (χ0n) is 17.5. The maximum Gasteiger partial charge on any atom is 0.344 e. The van der Waals surface area contributed by atoms with Crippen LogP contribution in [0.15, 0.2) is 95.9 Å². The van der Waals surface area contributed by atoms with Crippen LogP contribution in [0, 0.1) is 0 Å². The third-order valence-electron chi connectivity index (χ3n) is 5.45. The van der Waals surface area contributed by atoms with Crippen molar-refractivity contribution in [3.05, 3.63) is 102 Å². The molecular weight excluding hydrogens is 422 g/mol. The number of benzene rings is 3. The Labute approximate surface area is 191 Å². The van der Waals surface area contributed by atoms with E-state index in [1.54, 1.807) is 12.1 Å². The first-order chi connectivity index (χ1) is 15.5. The molecule has 0 bridgehead atoms. The van der Waals surface area contributed by atoms with Gasteiger partial charge in [0.15, 0.2) is 0 Å². The number of imide groups is 1. The predicted molar refractivity (Wildman–Crippen MR) is 123 cm³/mol. The van der Waals surface area contributed by atoms with E-state index in [1.165, 1.54) is 11.8 Å². The van der Waals surface area contributed by atoms with Crippen molar-refractivity contribution in [1.29, 1.82) is 0 Å². The summed E-state index contributed by atoms with van der Waals surface area (Å²) in [5.74, 6) is -0.949. The number of thioether (sulfide) groups is 1. The molecule has 3 aromatic rings. The zero-order valence-corrected chi connectivity index (χ0v) is 18.3. The van der Waals surface area contributed by atoms with Crippen molar-refractivity contribution in [2.75, 3.05) is 0 Å². The summed E-state index contributed by atoms with van der Waals surface area (Å²) in [6.45, 7) is 1.83. The summed E-state index contributed by atoms with van der Waals surface area (Å²) in [7, 11) is 0. The molecule has 2 unspecified atom stereocenters. The number of carbonyl (C=O) groups excluding carboxylic acids is 3. The van der Waals surface area contributed by atoms with Gasteiger partial charge in [0, 0.05) is 4.90 Å². The Bertz CT molecular complexity index is 1110. The number of hydrogen-bond acceptors (Lipinski definition) is 4. The highest BCUT2D eigenvalue weighted by Gasteiger charge is 2.52. The van der Waals surface area contributed by atoms with Crippen molar-refractivity contribution in [1.82, 2.24) is 15.8 Å². The summed E-state index contributed by atoms with van der Waals surface area (Å²) in [4.78, 5) is 40.3. The first-order valence-corrected chi connectivity index (χ1v) is 11.2. The Morgan fingerprint density at radius 3 is 2.09 bits per heavy atom. The molecule has 0 aliphatic carbocycles. The standard InChI is InChI=1S/C25H23N3O3S/c1-2-25(19-14-8-4-9-15-19)23(30)28(24(31)26-25)27-22(29)21(18-12-6-3-7-13-18)32-20-16-10-5-11-17-20/h3-17,21H,2H2,1H3,(H,26,31)(H,27,29). The van der Waals surface area contributed by atoms with Crippen molar-refractivity contribution in [2.24, 2.45) is 0 Å². The monoisotopic (exact) mass is 445 g/mol. The predicted octanol–water partition coefficient (Wildman–Crippen LogP) is 4.41. The lowest BCUT2D eigenvalue weighted by atomic mass is 9.87. The number of urea groups is 1. The lowest BCUT2D eigenvalue weighted by Gasteiger charge is -2.26. The van der Waals surface area contributed by atoms with E-state index >= 15 is 0 Å². The van der Waals surface area contributed by atoms with Gasteiger partial charge in [-0.1, -0.05) is 85.8 Å². The van der Waals surface area contributed by atoms with Gasteiger partial charge in [0.1, 0.15) is 10.8 Å². The summed E-state index contributed by atoms with van der Waals surface area (Å²) in [6.07, 6.45) is 0.356. The van der Waals surface area contributed by atoms with Gasteiger partial charge in [-0.15, -0.1) is 11.8 Å². The highest BCUT2D eigenvalue weighted by atomic mass is 32.2. The molecule has 0 saturated carbocycles. The summed E-state index contributed by atoms with van der Waals surface area (Å²) in [6, 6.07) is 27.2. The van der Waals surface area contributed by atoms with E-state index in [4.69, 9.17) is 0 Å². The fourth-order valence-corrected chi connectivity index (χ4v) is 4.78. The van der Waals surface area contributed by atoms with Gasteiger partial charge >= 0.3 is 6.03 Å². The van der Waals surface area contributed by atoms with Gasteiger partial charge in [-0.2, -0.15) is 5.01 Å². The normalized spacial score (nSPS) is 18.8. The molecule has 0 aromatic heterocycles. The fourth-order valence-electron chi connectivity index (χ4n) is 3.74. The van der Waals surface area contributed by atoms with Crippen LogP contribution in [-0.4, -0.2) is 22.9 Å². The maximum absolute atomic E-state index is 13.3. The lowest BCUT2D eigenvalue weighted by molar-refractivity contribution is -0.139. The summed E-state index contributed by atoms with van der Waals surface area (Å²) in [5.41, 5.74) is 2.81. The second kappa shape index (κ2) is 9.28. The Morgan fingerprint density at radius 2 is 1.50 bits per heavy atom. The third-order valence-corrected chi connectivity index (χ3v) is 6.71. The molecule has 1 aliphatic rings. The van der Waals surface area contributed by atoms with Crippen LogP contribution in [0.5, 0.6) is 0 Å². The Morgan fingerprint density at radius 1 is 0.938 bits per heavy atom. The molecular formula is C25H23N3O3S. The fraction of sp³-hybridized carbons (Fsp3) is 0.160. The minimum atomic E-state index is -1.21. The summed E-state index contributed by atoms with van der Waals surface area (Å²) >= 11 is 1.36. The molecule has 0 spiro atoms. The number of hydrazine groups is 1. The average Bonchev–Trinajstić information content (AvgIpc) is 3.09. The molecule has 4 rings (SSSR count). The molecule has 6 nitrogen and oxygen atoms in total. The van der Waals surface area contributed by atoms with E-state index in [9.17, 15) is 14.4 Å². The van der Waals surface area contributed by atoms with E-state index < -0.39 is 28.6 Å². The maximum atomic E-state index is 13.3. The second-order valence-electron chi connectivity index (χ2n) is 7.39. The lowest BCUT2D eigenvalue weighted by Crippen LogP contribution is -2.49. The number of carbonyl (C=O) groups is 3.